The van der Waals surface area contributed by atoms with Gasteiger partial charge < -0.3 is 10.5 Å². The van der Waals surface area contributed by atoms with Crippen molar-refractivity contribution in [1.82, 2.24) is 4.98 Å². The topological polar surface area (TPSA) is 48.1 Å². The summed E-state index contributed by atoms with van der Waals surface area (Å²) in [5.41, 5.74) is 8.42. The molecule has 0 radical (unpaired) electrons. The molecule has 0 amide bonds. The Kier molecular flexibility index (Phi) is 5.25. The van der Waals surface area contributed by atoms with Crippen molar-refractivity contribution in [3.8, 4) is 17.0 Å². The molecule has 1 aromatic carbocycles. The smallest absolute Gasteiger partial charge is 0.119 e. The Morgan fingerprint density at radius 2 is 1.90 bits per heavy atom. The quantitative estimate of drug-likeness (QED) is 0.909. The first-order valence-corrected chi connectivity index (χ1v) is 8.07. The van der Waals surface area contributed by atoms with Crippen molar-refractivity contribution in [3.63, 3.8) is 0 Å². The second kappa shape index (κ2) is 6.77. The van der Waals surface area contributed by atoms with E-state index in [2.05, 4.69) is 17.5 Å². The predicted molar refractivity (Wildman–Crippen MR) is 90.3 cm³/mol. The van der Waals surface area contributed by atoms with Gasteiger partial charge in [-0.3, -0.25) is 0 Å². The first-order valence-electron chi connectivity index (χ1n) is 7.19. The van der Waals surface area contributed by atoms with Crippen LogP contribution in [0.1, 0.15) is 37.6 Å². The summed E-state index contributed by atoms with van der Waals surface area (Å²) in [5.74, 6) is 0.901. The molecule has 1 aliphatic rings. The first-order chi connectivity index (χ1) is 9.71. The fourth-order valence-corrected chi connectivity index (χ4v) is 3.75. The number of aromatic nitrogens is 1. The number of halogens is 1. The largest absolute Gasteiger partial charge is 0.494 e. The minimum Gasteiger partial charge on any atom is -0.494 e. The van der Waals surface area contributed by atoms with Crippen molar-refractivity contribution < 1.29 is 4.74 Å². The number of thiazole rings is 1. The molecular weight excluding hydrogens is 304 g/mol. The molecule has 0 spiro atoms. The van der Waals surface area contributed by atoms with Crippen LogP contribution < -0.4 is 10.5 Å². The van der Waals surface area contributed by atoms with E-state index in [4.69, 9.17) is 15.5 Å². The van der Waals surface area contributed by atoms with E-state index in [-0.39, 0.29) is 17.9 Å². The highest BCUT2D eigenvalue weighted by Crippen LogP contribution is 2.39. The molecule has 0 aliphatic heterocycles. The van der Waals surface area contributed by atoms with E-state index in [9.17, 15) is 0 Å². The van der Waals surface area contributed by atoms with Gasteiger partial charge in [-0.2, -0.15) is 0 Å². The van der Waals surface area contributed by atoms with Crippen molar-refractivity contribution in [2.45, 2.75) is 38.1 Å². The summed E-state index contributed by atoms with van der Waals surface area (Å²) in [6.07, 6.45) is 4.55. The maximum absolute atomic E-state index is 6.46. The Labute approximate surface area is 136 Å². The van der Waals surface area contributed by atoms with Crippen LogP contribution in [0.4, 0.5) is 0 Å². The molecule has 21 heavy (non-hydrogen) atoms. The molecular formula is C16H21ClN2OS. The van der Waals surface area contributed by atoms with Crippen molar-refractivity contribution in [1.29, 1.82) is 0 Å². The van der Waals surface area contributed by atoms with Gasteiger partial charge in [-0.1, -0.05) is 12.8 Å². The zero-order valence-electron chi connectivity index (χ0n) is 12.2. The van der Waals surface area contributed by atoms with Gasteiger partial charge in [0.15, 0.2) is 0 Å². The monoisotopic (exact) mass is 324 g/mol. The minimum absolute atomic E-state index is 0. The van der Waals surface area contributed by atoms with Crippen LogP contribution in [0.15, 0.2) is 29.6 Å². The maximum Gasteiger partial charge on any atom is 0.119 e. The zero-order valence-corrected chi connectivity index (χ0v) is 13.8. The van der Waals surface area contributed by atoms with Gasteiger partial charge in [-0.15, -0.1) is 23.7 Å². The summed E-state index contributed by atoms with van der Waals surface area (Å²) in [4.78, 5) is 4.76. The van der Waals surface area contributed by atoms with E-state index in [0.29, 0.717) is 6.61 Å². The molecule has 1 saturated carbocycles. The summed E-state index contributed by atoms with van der Waals surface area (Å²) in [6, 6.07) is 8.10. The van der Waals surface area contributed by atoms with E-state index in [0.717, 1.165) is 34.9 Å². The first kappa shape index (κ1) is 16.3. The standard InChI is InChI=1S/C16H20N2OS.ClH/c1-2-19-13-7-5-12(6-8-13)14-11-20-15(18-14)16(17)9-3-4-10-16;/h5-8,11H,2-4,9-10,17H2,1H3;1H. The number of benzene rings is 1. The summed E-state index contributed by atoms with van der Waals surface area (Å²) in [7, 11) is 0. The fourth-order valence-electron chi connectivity index (χ4n) is 2.74. The van der Waals surface area contributed by atoms with E-state index >= 15 is 0 Å². The average molecular weight is 325 g/mol. The summed E-state index contributed by atoms with van der Waals surface area (Å²) in [6.45, 7) is 2.68. The average Bonchev–Trinajstić information content (AvgIpc) is 3.10. The van der Waals surface area contributed by atoms with Crippen LogP contribution in [0.3, 0.4) is 0 Å². The van der Waals surface area contributed by atoms with Crippen LogP contribution in [-0.4, -0.2) is 11.6 Å². The van der Waals surface area contributed by atoms with E-state index in [1.54, 1.807) is 11.3 Å². The molecule has 0 bridgehead atoms. The van der Waals surface area contributed by atoms with Crippen LogP contribution in [0.5, 0.6) is 5.75 Å². The minimum atomic E-state index is -0.186. The number of hydrogen-bond acceptors (Lipinski definition) is 4. The normalized spacial score (nSPS) is 16.5. The Hall–Kier alpha value is -1.10. The molecule has 0 unspecified atom stereocenters. The van der Waals surface area contributed by atoms with Crippen molar-refractivity contribution >= 4 is 23.7 Å². The molecule has 1 aromatic heterocycles. The molecule has 2 aromatic rings. The lowest BCUT2D eigenvalue weighted by Gasteiger charge is -2.19. The number of rotatable bonds is 4. The molecule has 114 valence electrons. The molecule has 2 N–H and O–H groups in total. The second-order valence-electron chi connectivity index (χ2n) is 5.36. The Bertz CT molecular complexity index is 576. The van der Waals surface area contributed by atoms with Crippen LogP contribution in [0.2, 0.25) is 0 Å². The summed E-state index contributed by atoms with van der Waals surface area (Å²) >= 11 is 1.69. The third-order valence-electron chi connectivity index (χ3n) is 3.89. The number of nitrogens with two attached hydrogens (primary N) is 1. The zero-order chi connectivity index (χ0) is 14.0. The molecule has 1 fully saturated rings. The van der Waals surface area contributed by atoms with Gasteiger partial charge in [0.25, 0.3) is 0 Å². The predicted octanol–water partition coefficient (Wildman–Crippen LogP) is 4.36. The van der Waals surface area contributed by atoms with Gasteiger partial charge in [-0.05, 0) is 44.0 Å². The van der Waals surface area contributed by atoms with E-state index < -0.39 is 0 Å². The Morgan fingerprint density at radius 3 is 2.52 bits per heavy atom. The Morgan fingerprint density at radius 1 is 1.24 bits per heavy atom. The lowest BCUT2D eigenvalue weighted by molar-refractivity contribution is 0.340. The number of nitrogens with zero attached hydrogens (tertiary/aromatic N) is 1. The number of hydrogen-bond donors (Lipinski definition) is 1. The van der Waals surface area contributed by atoms with Crippen molar-refractivity contribution in [2.75, 3.05) is 6.61 Å². The molecule has 0 saturated heterocycles. The van der Waals surface area contributed by atoms with Crippen LogP contribution in [0, 0.1) is 0 Å². The SMILES string of the molecule is CCOc1ccc(-c2csc(C3(N)CCCC3)n2)cc1.Cl. The maximum atomic E-state index is 6.46. The lowest BCUT2D eigenvalue weighted by atomic mass is 10.0. The molecule has 1 aliphatic carbocycles. The molecule has 3 rings (SSSR count). The Balaban J connectivity index is 0.00000161. The van der Waals surface area contributed by atoms with Gasteiger partial charge in [0.2, 0.25) is 0 Å². The highest BCUT2D eigenvalue weighted by atomic mass is 35.5. The summed E-state index contributed by atoms with van der Waals surface area (Å²) in [5, 5.41) is 3.19. The van der Waals surface area contributed by atoms with Gasteiger partial charge in [0.1, 0.15) is 10.8 Å². The highest BCUT2D eigenvalue weighted by molar-refractivity contribution is 7.10. The highest BCUT2D eigenvalue weighted by Gasteiger charge is 2.34. The fraction of sp³-hybridized carbons (Fsp3) is 0.438. The van der Waals surface area contributed by atoms with E-state index in [1.807, 2.05) is 19.1 Å². The van der Waals surface area contributed by atoms with E-state index in [1.165, 1.54) is 12.8 Å². The van der Waals surface area contributed by atoms with Crippen LogP contribution >= 0.6 is 23.7 Å². The third-order valence-corrected chi connectivity index (χ3v) is 4.95. The third kappa shape index (κ3) is 3.39. The molecule has 0 atom stereocenters. The molecule has 1 heterocycles. The lowest BCUT2D eigenvalue weighted by Crippen LogP contribution is -2.32. The second-order valence-corrected chi connectivity index (χ2v) is 6.22. The van der Waals surface area contributed by atoms with Gasteiger partial charge in [0, 0.05) is 10.9 Å². The summed E-state index contributed by atoms with van der Waals surface area (Å²) < 4.78 is 5.46. The molecule has 3 nitrogen and oxygen atoms in total. The van der Waals surface area contributed by atoms with Gasteiger partial charge in [0.05, 0.1) is 17.8 Å². The number of ether oxygens (including phenoxy) is 1. The molecule has 5 heteroatoms. The van der Waals surface area contributed by atoms with Gasteiger partial charge in [-0.25, -0.2) is 4.98 Å². The van der Waals surface area contributed by atoms with Crippen molar-refractivity contribution in [2.24, 2.45) is 5.73 Å². The van der Waals surface area contributed by atoms with Crippen LogP contribution in [0.25, 0.3) is 11.3 Å². The van der Waals surface area contributed by atoms with Crippen LogP contribution in [-0.2, 0) is 5.54 Å². The van der Waals surface area contributed by atoms with Crippen molar-refractivity contribution in [3.05, 3.63) is 34.7 Å². The van der Waals surface area contributed by atoms with Gasteiger partial charge >= 0.3 is 0 Å².